The fourth-order valence-electron chi connectivity index (χ4n) is 2.81. The van der Waals surface area contributed by atoms with E-state index in [9.17, 15) is 4.79 Å². The maximum Gasteiger partial charge on any atom is 0.343 e. The van der Waals surface area contributed by atoms with E-state index in [1.807, 2.05) is 56.3 Å². The number of rotatable bonds is 2. The number of nitrogens with zero attached hydrogens (tertiary/aromatic N) is 2. The molecule has 1 heterocycles. The SMILES string of the molecule is Cc1ccc(C(=O)Oc2c(C)cc(Br)c3nc4ccccc4nc23)cc1. The number of benzene rings is 3. The molecule has 0 bridgehead atoms. The number of halogens is 1. The zero-order chi connectivity index (χ0) is 18.3. The lowest BCUT2D eigenvalue weighted by molar-refractivity contribution is 0.0735. The van der Waals surface area contributed by atoms with Crippen LogP contribution in [-0.2, 0) is 0 Å². The number of hydrogen-bond donors (Lipinski definition) is 0. The second-order valence-electron chi connectivity index (χ2n) is 6.17. The monoisotopic (exact) mass is 406 g/mol. The molecule has 4 nitrogen and oxygen atoms in total. The summed E-state index contributed by atoms with van der Waals surface area (Å²) < 4.78 is 6.54. The molecule has 128 valence electrons. The van der Waals surface area contributed by atoms with Gasteiger partial charge in [0, 0.05) is 4.47 Å². The molecule has 26 heavy (non-hydrogen) atoms. The molecule has 3 aromatic carbocycles. The van der Waals surface area contributed by atoms with E-state index >= 15 is 0 Å². The lowest BCUT2D eigenvalue weighted by Gasteiger charge is -2.12. The molecule has 0 fully saturated rings. The minimum atomic E-state index is -0.410. The Balaban J connectivity index is 1.86. The van der Waals surface area contributed by atoms with Crippen LogP contribution in [0.2, 0.25) is 0 Å². The minimum Gasteiger partial charge on any atom is -0.420 e. The molecule has 0 aliphatic rings. The highest BCUT2D eigenvalue weighted by Gasteiger charge is 2.17. The standard InChI is InChI=1S/C21H15BrN2O2/c1-12-7-9-14(10-8-12)21(25)26-20-13(2)11-15(22)18-19(20)24-17-6-4-3-5-16(17)23-18/h3-11H,1-2H3. The molecule has 0 saturated heterocycles. The van der Waals surface area contributed by atoms with E-state index in [4.69, 9.17) is 9.72 Å². The first-order valence-corrected chi connectivity index (χ1v) is 8.96. The quantitative estimate of drug-likeness (QED) is 0.254. The zero-order valence-electron chi connectivity index (χ0n) is 14.3. The van der Waals surface area contributed by atoms with Gasteiger partial charge in [0.05, 0.1) is 16.6 Å². The summed E-state index contributed by atoms with van der Waals surface area (Å²) in [6.45, 7) is 3.86. The second-order valence-corrected chi connectivity index (χ2v) is 7.02. The molecule has 4 rings (SSSR count). The number of aromatic nitrogens is 2. The van der Waals surface area contributed by atoms with Crippen LogP contribution in [-0.4, -0.2) is 15.9 Å². The van der Waals surface area contributed by atoms with Crippen LogP contribution in [0.4, 0.5) is 0 Å². The first-order valence-electron chi connectivity index (χ1n) is 8.17. The topological polar surface area (TPSA) is 52.1 Å². The van der Waals surface area contributed by atoms with Gasteiger partial charge >= 0.3 is 5.97 Å². The van der Waals surface area contributed by atoms with Gasteiger partial charge in [-0.05, 0) is 65.7 Å². The molecule has 0 saturated carbocycles. The van der Waals surface area contributed by atoms with Gasteiger partial charge in [-0.3, -0.25) is 0 Å². The predicted molar refractivity (Wildman–Crippen MR) is 106 cm³/mol. The Morgan fingerprint density at radius 2 is 1.54 bits per heavy atom. The smallest absolute Gasteiger partial charge is 0.343 e. The van der Waals surface area contributed by atoms with Crippen LogP contribution < -0.4 is 4.74 Å². The maximum atomic E-state index is 12.6. The molecule has 5 heteroatoms. The van der Waals surface area contributed by atoms with E-state index in [0.717, 1.165) is 26.6 Å². The van der Waals surface area contributed by atoms with Crippen LogP contribution in [0.25, 0.3) is 22.1 Å². The molecule has 0 N–H and O–H groups in total. The molecule has 0 aliphatic heterocycles. The van der Waals surface area contributed by atoms with Crippen molar-refractivity contribution in [3.8, 4) is 5.75 Å². The number of carbonyl (C=O) groups excluding carboxylic acids is 1. The fraction of sp³-hybridized carbons (Fsp3) is 0.0952. The number of aryl methyl sites for hydroxylation is 2. The lowest BCUT2D eigenvalue weighted by Crippen LogP contribution is -2.10. The molecule has 0 unspecified atom stereocenters. The van der Waals surface area contributed by atoms with Crippen LogP contribution in [0.15, 0.2) is 59.1 Å². The molecular weight excluding hydrogens is 392 g/mol. The lowest BCUT2D eigenvalue weighted by atomic mass is 10.1. The van der Waals surface area contributed by atoms with Gasteiger partial charge in [0.1, 0.15) is 11.0 Å². The summed E-state index contributed by atoms with van der Waals surface area (Å²) in [7, 11) is 0. The van der Waals surface area contributed by atoms with Crippen molar-refractivity contribution in [2.45, 2.75) is 13.8 Å². The molecule has 1 aromatic heterocycles. The fourth-order valence-corrected chi connectivity index (χ4v) is 3.43. The van der Waals surface area contributed by atoms with Crippen LogP contribution in [0.5, 0.6) is 5.75 Å². The molecule has 0 radical (unpaired) electrons. The predicted octanol–water partition coefficient (Wildman–Crippen LogP) is 5.38. The largest absolute Gasteiger partial charge is 0.420 e. The van der Waals surface area contributed by atoms with Gasteiger partial charge < -0.3 is 4.74 Å². The van der Waals surface area contributed by atoms with Crippen molar-refractivity contribution in [3.63, 3.8) is 0 Å². The average molecular weight is 407 g/mol. The second kappa shape index (κ2) is 6.50. The Morgan fingerprint density at radius 1 is 0.923 bits per heavy atom. The van der Waals surface area contributed by atoms with E-state index in [1.165, 1.54) is 0 Å². The Labute approximate surface area is 159 Å². The van der Waals surface area contributed by atoms with Gasteiger partial charge in [0.25, 0.3) is 0 Å². The number of hydrogen-bond acceptors (Lipinski definition) is 4. The van der Waals surface area contributed by atoms with E-state index in [1.54, 1.807) is 12.1 Å². The Morgan fingerprint density at radius 3 is 2.19 bits per heavy atom. The van der Waals surface area contributed by atoms with Crippen molar-refractivity contribution in [2.24, 2.45) is 0 Å². The maximum absolute atomic E-state index is 12.6. The van der Waals surface area contributed by atoms with E-state index in [-0.39, 0.29) is 0 Å². The van der Waals surface area contributed by atoms with Crippen LogP contribution in [0, 0.1) is 13.8 Å². The van der Waals surface area contributed by atoms with E-state index in [0.29, 0.717) is 22.3 Å². The number of fused-ring (bicyclic) bond motifs is 2. The summed E-state index contributed by atoms with van der Waals surface area (Å²) >= 11 is 3.54. The van der Waals surface area contributed by atoms with Crippen molar-refractivity contribution in [1.29, 1.82) is 0 Å². The number of para-hydroxylation sites is 2. The third-order valence-electron chi connectivity index (χ3n) is 4.20. The van der Waals surface area contributed by atoms with Gasteiger partial charge in [-0.1, -0.05) is 29.8 Å². The highest BCUT2D eigenvalue weighted by molar-refractivity contribution is 9.10. The molecule has 0 aliphatic carbocycles. The molecule has 0 spiro atoms. The Kier molecular flexibility index (Phi) is 4.17. The highest BCUT2D eigenvalue weighted by Crippen LogP contribution is 2.34. The first-order chi connectivity index (χ1) is 12.5. The van der Waals surface area contributed by atoms with Crippen LogP contribution >= 0.6 is 15.9 Å². The average Bonchev–Trinajstić information content (AvgIpc) is 2.64. The van der Waals surface area contributed by atoms with Crippen molar-refractivity contribution in [2.75, 3.05) is 0 Å². The summed E-state index contributed by atoms with van der Waals surface area (Å²) in [5, 5.41) is 0. The van der Waals surface area contributed by atoms with Gasteiger partial charge in [-0.2, -0.15) is 0 Å². The van der Waals surface area contributed by atoms with Crippen LogP contribution in [0.1, 0.15) is 21.5 Å². The number of carbonyl (C=O) groups is 1. The summed E-state index contributed by atoms with van der Waals surface area (Å²) in [6.07, 6.45) is 0. The van der Waals surface area contributed by atoms with Gasteiger partial charge in [-0.15, -0.1) is 0 Å². The summed E-state index contributed by atoms with van der Waals surface area (Å²) in [4.78, 5) is 21.9. The zero-order valence-corrected chi connectivity index (χ0v) is 15.9. The van der Waals surface area contributed by atoms with Crippen molar-refractivity contribution >= 4 is 44.0 Å². The Bertz CT molecular complexity index is 1150. The molecule has 0 amide bonds. The summed E-state index contributed by atoms with van der Waals surface area (Å²) in [6, 6.07) is 16.8. The summed E-state index contributed by atoms with van der Waals surface area (Å²) in [5.41, 5.74) is 5.18. The molecule has 4 aromatic rings. The van der Waals surface area contributed by atoms with Gasteiger partial charge in [0.15, 0.2) is 5.75 Å². The van der Waals surface area contributed by atoms with Gasteiger partial charge in [0.2, 0.25) is 0 Å². The van der Waals surface area contributed by atoms with E-state index in [2.05, 4.69) is 20.9 Å². The van der Waals surface area contributed by atoms with Crippen molar-refractivity contribution in [1.82, 2.24) is 9.97 Å². The molecular formula is C21H15BrN2O2. The summed E-state index contributed by atoms with van der Waals surface area (Å²) in [5.74, 6) is 0.0266. The number of ether oxygens (including phenoxy) is 1. The van der Waals surface area contributed by atoms with Crippen LogP contribution in [0.3, 0.4) is 0 Å². The Hall–Kier alpha value is -2.79. The normalized spacial score (nSPS) is 11.0. The third kappa shape index (κ3) is 2.95. The number of esters is 1. The van der Waals surface area contributed by atoms with Crippen molar-refractivity contribution < 1.29 is 9.53 Å². The minimum absolute atomic E-state index is 0.410. The molecule has 0 atom stereocenters. The van der Waals surface area contributed by atoms with Gasteiger partial charge in [-0.25, -0.2) is 14.8 Å². The van der Waals surface area contributed by atoms with Crippen molar-refractivity contribution in [3.05, 3.63) is 75.8 Å². The highest BCUT2D eigenvalue weighted by atomic mass is 79.9. The third-order valence-corrected chi connectivity index (χ3v) is 4.80. The first kappa shape index (κ1) is 16.7. The van der Waals surface area contributed by atoms with E-state index < -0.39 is 5.97 Å².